The number of aliphatic hydroxyl groups is 1. The van der Waals surface area contributed by atoms with Gasteiger partial charge in [0.25, 0.3) is 0 Å². The Kier molecular flexibility index (Phi) is 6.79. The third kappa shape index (κ3) is 5.64. The van der Waals surface area contributed by atoms with Gasteiger partial charge in [-0.2, -0.15) is 0 Å². The summed E-state index contributed by atoms with van der Waals surface area (Å²) in [5.41, 5.74) is 0.145. The predicted octanol–water partition coefficient (Wildman–Crippen LogP) is 1.94. The van der Waals surface area contributed by atoms with E-state index in [1.165, 1.54) is 0 Å². The van der Waals surface area contributed by atoms with Crippen molar-refractivity contribution < 1.29 is 14.7 Å². The number of hydrogen-bond acceptors (Lipinski definition) is 3. The summed E-state index contributed by atoms with van der Waals surface area (Å²) in [5, 5.41) is 16.0. The average molecular weight is 332 g/mol. The average Bonchev–Trinajstić information content (AvgIpc) is 3.00. The lowest BCUT2D eigenvalue weighted by Crippen LogP contribution is -2.50. The van der Waals surface area contributed by atoms with Crippen molar-refractivity contribution in [3.63, 3.8) is 0 Å². The van der Waals surface area contributed by atoms with Crippen LogP contribution in [0.1, 0.15) is 51.0 Å². The zero-order valence-corrected chi connectivity index (χ0v) is 14.4. The Bertz CT molecular complexity index is 539. The van der Waals surface area contributed by atoms with Crippen LogP contribution >= 0.6 is 0 Å². The molecule has 1 aromatic carbocycles. The van der Waals surface area contributed by atoms with E-state index in [1.54, 1.807) is 0 Å². The van der Waals surface area contributed by atoms with Gasteiger partial charge in [-0.15, -0.1) is 0 Å². The Morgan fingerprint density at radius 3 is 2.50 bits per heavy atom. The quantitative estimate of drug-likeness (QED) is 0.681. The molecule has 2 amide bonds. The lowest BCUT2D eigenvalue weighted by Gasteiger charge is -2.24. The summed E-state index contributed by atoms with van der Waals surface area (Å²) < 4.78 is 0. The van der Waals surface area contributed by atoms with Crippen LogP contribution in [-0.4, -0.2) is 35.1 Å². The van der Waals surface area contributed by atoms with Gasteiger partial charge in [0.15, 0.2) is 0 Å². The number of nitrogens with one attached hydrogen (secondary N) is 2. The minimum atomic E-state index is -0.777. The van der Waals surface area contributed by atoms with Crippen molar-refractivity contribution in [3.8, 4) is 0 Å². The molecule has 1 atom stereocenters. The van der Waals surface area contributed by atoms with E-state index in [9.17, 15) is 14.7 Å². The molecule has 0 radical (unpaired) electrons. The number of carbonyl (C=O) groups excluding carboxylic acids is 2. The van der Waals surface area contributed by atoms with Crippen LogP contribution in [0.25, 0.3) is 0 Å². The first-order chi connectivity index (χ1) is 11.5. The van der Waals surface area contributed by atoms with E-state index in [0.717, 1.165) is 37.7 Å². The highest BCUT2D eigenvalue weighted by atomic mass is 16.3. The second kappa shape index (κ2) is 8.83. The van der Waals surface area contributed by atoms with Crippen LogP contribution < -0.4 is 10.6 Å². The molecule has 0 saturated heterocycles. The van der Waals surface area contributed by atoms with E-state index < -0.39 is 11.6 Å². The number of benzene rings is 1. The van der Waals surface area contributed by atoms with Crippen molar-refractivity contribution >= 4 is 11.8 Å². The Balaban J connectivity index is 1.85. The Labute approximate surface area is 143 Å². The molecule has 0 heterocycles. The minimum Gasteiger partial charge on any atom is -0.388 e. The molecule has 0 bridgehead atoms. The first-order valence-electron chi connectivity index (χ1n) is 8.86. The van der Waals surface area contributed by atoms with Gasteiger partial charge in [-0.05, 0) is 24.8 Å². The highest BCUT2D eigenvalue weighted by molar-refractivity contribution is 5.88. The summed E-state index contributed by atoms with van der Waals surface area (Å²) in [6.07, 6.45) is 5.10. The van der Waals surface area contributed by atoms with Crippen molar-refractivity contribution in [2.45, 2.75) is 63.5 Å². The molecule has 0 aliphatic heterocycles. The summed E-state index contributed by atoms with van der Waals surface area (Å²) in [6.45, 7) is 2.24. The summed E-state index contributed by atoms with van der Waals surface area (Å²) in [5.74, 6) is -0.368. The fourth-order valence-electron chi connectivity index (χ4n) is 3.17. The normalized spacial score (nSPS) is 17.2. The van der Waals surface area contributed by atoms with Crippen molar-refractivity contribution in [3.05, 3.63) is 35.9 Å². The van der Waals surface area contributed by atoms with E-state index in [2.05, 4.69) is 10.6 Å². The third-order valence-corrected chi connectivity index (χ3v) is 4.56. The van der Waals surface area contributed by atoms with Crippen molar-refractivity contribution in [2.24, 2.45) is 0 Å². The standard InChI is InChI=1S/C19H28N2O3/c1-2-8-16(18(23)20-14-19(24)11-6-7-12-19)21-17(22)13-15-9-4-3-5-10-15/h3-5,9-10,16,24H,2,6-8,11-14H2,1H3,(H,20,23)(H,21,22). The fourth-order valence-corrected chi connectivity index (χ4v) is 3.17. The van der Waals surface area contributed by atoms with Crippen molar-refractivity contribution in [2.75, 3.05) is 6.54 Å². The molecule has 1 unspecified atom stereocenters. The number of hydrogen-bond donors (Lipinski definition) is 3. The molecule has 5 nitrogen and oxygen atoms in total. The minimum absolute atomic E-state index is 0.158. The van der Waals surface area contributed by atoms with E-state index in [-0.39, 0.29) is 24.8 Å². The van der Waals surface area contributed by atoms with Crippen LogP contribution in [0.4, 0.5) is 0 Å². The molecule has 24 heavy (non-hydrogen) atoms. The summed E-state index contributed by atoms with van der Waals surface area (Å²) in [4.78, 5) is 24.6. The van der Waals surface area contributed by atoms with Gasteiger partial charge in [-0.25, -0.2) is 0 Å². The first-order valence-corrected chi connectivity index (χ1v) is 8.86. The van der Waals surface area contributed by atoms with Gasteiger partial charge in [0.2, 0.25) is 11.8 Å². The molecule has 1 saturated carbocycles. The SMILES string of the molecule is CCCC(NC(=O)Cc1ccccc1)C(=O)NCC1(O)CCCC1. The Hall–Kier alpha value is -1.88. The molecule has 5 heteroatoms. The number of amides is 2. The molecule has 2 rings (SSSR count). The maximum Gasteiger partial charge on any atom is 0.242 e. The fraction of sp³-hybridized carbons (Fsp3) is 0.579. The summed E-state index contributed by atoms with van der Waals surface area (Å²) in [7, 11) is 0. The Morgan fingerprint density at radius 1 is 1.21 bits per heavy atom. The molecule has 3 N–H and O–H groups in total. The number of rotatable bonds is 8. The van der Waals surface area contributed by atoms with Gasteiger partial charge in [-0.1, -0.05) is 56.5 Å². The highest BCUT2D eigenvalue weighted by Gasteiger charge is 2.32. The topological polar surface area (TPSA) is 78.4 Å². The number of carbonyl (C=O) groups is 2. The molecule has 0 spiro atoms. The molecule has 1 aromatic rings. The lowest BCUT2D eigenvalue weighted by molar-refractivity contribution is -0.129. The highest BCUT2D eigenvalue weighted by Crippen LogP contribution is 2.28. The zero-order chi connectivity index (χ0) is 17.4. The first kappa shape index (κ1) is 18.5. The largest absolute Gasteiger partial charge is 0.388 e. The molecule has 132 valence electrons. The van der Waals surface area contributed by atoms with Crippen LogP contribution in [-0.2, 0) is 16.0 Å². The van der Waals surface area contributed by atoms with Crippen molar-refractivity contribution in [1.82, 2.24) is 10.6 Å². The molecule has 1 aliphatic rings. The molecular weight excluding hydrogens is 304 g/mol. The summed E-state index contributed by atoms with van der Waals surface area (Å²) in [6, 6.07) is 8.93. The van der Waals surface area contributed by atoms with E-state index >= 15 is 0 Å². The second-order valence-corrected chi connectivity index (χ2v) is 6.72. The van der Waals surface area contributed by atoms with Crippen LogP contribution in [0.2, 0.25) is 0 Å². The van der Waals surface area contributed by atoms with E-state index in [1.807, 2.05) is 37.3 Å². The third-order valence-electron chi connectivity index (χ3n) is 4.56. The van der Waals surface area contributed by atoms with Crippen LogP contribution in [0.15, 0.2) is 30.3 Å². The van der Waals surface area contributed by atoms with Crippen LogP contribution in [0.5, 0.6) is 0 Å². The van der Waals surface area contributed by atoms with Gasteiger partial charge < -0.3 is 15.7 Å². The van der Waals surface area contributed by atoms with Gasteiger partial charge in [0.05, 0.1) is 12.0 Å². The maximum atomic E-state index is 12.4. The zero-order valence-electron chi connectivity index (χ0n) is 14.4. The predicted molar refractivity (Wildman–Crippen MR) is 93.4 cm³/mol. The van der Waals surface area contributed by atoms with Gasteiger partial charge >= 0.3 is 0 Å². The molecule has 1 fully saturated rings. The summed E-state index contributed by atoms with van der Waals surface area (Å²) >= 11 is 0. The van der Waals surface area contributed by atoms with E-state index in [4.69, 9.17) is 0 Å². The smallest absolute Gasteiger partial charge is 0.242 e. The monoisotopic (exact) mass is 332 g/mol. The van der Waals surface area contributed by atoms with Crippen LogP contribution in [0, 0.1) is 0 Å². The maximum absolute atomic E-state index is 12.4. The van der Waals surface area contributed by atoms with Gasteiger partial charge in [0.1, 0.15) is 6.04 Å². The van der Waals surface area contributed by atoms with Gasteiger partial charge in [0, 0.05) is 6.54 Å². The Morgan fingerprint density at radius 2 is 1.88 bits per heavy atom. The van der Waals surface area contributed by atoms with E-state index in [0.29, 0.717) is 6.42 Å². The molecule has 0 aromatic heterocycles. The second-order valence-electron chi connectivity index (χ2n) is 6.72. The van der Waals surface area contributed by atoms with Gasteiger partial charge in [-0.3, -0.25) is 9.59 Å². The molecule has 1 aliphatic carbocycles. The van der Waals surface area contributed by atoms with Crippen LogP contribution in [0.3, 0.4) is 0 Å². The lowest BCUT2D eigenvalue weighted by atomic mass is 10.0. The van der Waals surface area contributed by atoms with Crippen molar-refractivity contribution in [1.29, 1.82) is 0 Å². The molecular formula is C19H28N2O3.